The third kappa shape index (κ3) is 23.0. The molecule has 0 unspecified atom stereocenters. The van der Waals surface area contributed by atoms with Crippen LogP contribution in [0.15, 0.2) is 0 Å². The zero-order chi connectivity index (χ0) is 13.2. The topological polar surface area (TPSA) is 62.1 Å². The molecular formula is C12H24N2O2. The lowest BCUT2D eigenvalue weighted by molar-refractivity contribution is 0.0529. The van der Waals surface area contributed by atoms with Gasteiger partial charge in [-0.3, -0.25) is 0 Å². The summed E-state index contributed by atoms with van der Waals surface area (Å²) in [7, 11) is 0. The molecule has 0 atom stereocenters. The van der Waals surface area contributed by atoms with E-state index in [1.807, 2.05) is 6.07 Å². The second kappa shape index (κ2) is 9.02. The zero-order valence-corrected chi connectivity index (χ0v) is 11.3. The molecule has 94 valence electrons. The fourth-order valence-corrected chi connectivity index (χ4v) is 0.535. The van der Waals surface area contributed by atoms with Gasteiger partial charge in [-0.1, -0.05) is 20.8 Å². The Morgan fingerprint density at radius 3 is 2.12 bits per heavy atom. The van der Waals surface area contributed by atoms with Crippen molar-refractivity contribution in [2.24, 2.45) is 5.92 Å². The predicted octanol–water partition coefficient (Wildman–Crippen LogP) is 3.09. The van der Waals surface area contributed by atoms with E-state index in [2.05, 4.69) is 26.1 Å². The Kier molecular flexibility index (Phi) is 9.68. The van der Waals surface area contributed by atoms with Gasteiger partial charge >= 0.3 is 6.09 Å². The smallest absolute Gasteiger partial charge is 0.407 e. The van der Waals surface area contributed by atoms with Crippen LogP contribution in [0, 0.1) is 17.2 Å². The lowest BCUT2D eigenvalue weighted by atomic mass is 10.2. The molecule has 0 saturated heterocycles. The summed E-state index contributed by atoms with van der Waals surface area (Å²) in [5, 5.41) is 10.6. The molecule has 4 nitrogen and oxygen atoms in total. The Bertz CT molecular complexity index is 221. The van der Waals surface area contributed by atoms with Crippen LogP contribution in [0.1, 0.15) is 48.0 Å². The highest BCUT2D eigenvalue weighted by Gasteiger charge is 2.15. The first kappa shape index (κ1) is 17.2. The van der Waals surface area contributed by atoms with Gasteiger partial charge in [0.2, 0.25) is 0 Å². The van der Waals surface area contributed by atoms with Crippen molar-refractivity contribution < 1.29 is 9.53 Å². The summed E-state index contributed by atoms with van der Waals surface area (Å²) in [6, 6.07) is 1.92. The summed E-state index contributed by atoms with van der Waals surface area (Å²) in [5.74, 6) is 0.833. The molecule has 0 aromatic rings. The molecule has 0 aliphatic heterocycles. The fraction of sp³-hybridized carbons (Fsp3) is 0.833. The van der Waals surface area contributed by atoms with Crippen molar-refractivity contribution in [2.75, 3.05) is 6.54 Å². The molecule has 0 radical (unpaired) electrons. The molecule has 0 aromatic carbocycles. The minimum Gasteiger partial charge on any atom is -0.444 e. The number of amides is 1. The number of hydrogen-bond donors (Lipinski definition) is 1. The van der Waals surface area contributed by atoms with Crippen LogP contribution < -0.4 is 5.32 Å². The SMILES string of the molecule is CC(C)(C)OC(=O)NCCC#N.CC(C)C. The van der Waals surface area contributed by atoms with Gasteiger partial charge in [0, 0.05) is 6.54 Å². The van der Waals surface area contributed by atoms with Gasteiger partial charge in [-0.2, -0.15) is 5.26 Å². The van der Waals surface area contributed by atoms with E-state index in [0.717, 1.165) is 5.92 Å². The first-order valence-corrected chi connectivity index (χ1v) is 5.53. The van der Waals surface area contributed by atoms with Gasteiger partial charge < -0.3 is 10.1 Å². The average Bonchev–Trinajstić information content (AvgIpc) is 1.99. The van der Waals surface area contributed by atoms with Crippen molar-refractivity contribution in [3.05, 3.63) is 0 Å². The van der Waals surface area contributed by atoms with Gasteiger partial charge in [0.1, 0.15) is 5.60 Å². The Morgan fingerprint density at radius 1 is 1.38 bits per heavy atom. The number of ether oxygens (including phenoxy) is 1. The van der Waals surface area contributed by atoms with Crippen LogP contribution in [-0.4, -0.2) is 18.2 Å². The molecular weight excluding hydrogens is 204 g/mol. The van der Waals surface area contributed by atoms with Crippen LogP contribution in [-0.2, 0) is 4.74 Å². The van der Waals surface area contributed by atoms with E-state index >= 15 is 0 Å². The van der Waals surface area contributed by atoms with Crippen molar-refractivity contribution in [2.45, 2.75) is 53.6 Å². The Hall–Kier alpha value is -1.24. The van der Waals surface area contributed by atoms with Crippen LogP contribution in [0.25, 0.3) is 0 Å². The lowest BCUT2D eigenvalue weighted by Crippen LogP contribution is -2.32. The first-order chi connectivity index (χ1) is 7.19. The number of nitrogens with zero attached hydrogens (tertiary/aromatic N) is 1. The standard InChI is InChI=1S/C8H14N2O2.C4H10/c1-8(2,3)12-7(11)10-6-4-5-9;1-4(2)3/h4,6H2,1-3H3,(H,10,11);4H,1-3H3. The van der Waals surface area contributed by atoms with Crippen LogP contribution >= 0.6 is 0 Å². The molecule has 0 heterocycles. The maximum absolute atomic E-state index is 10.9. The predicted molar refractivity (Wildman–Crippen MR) is 65.0 cm³/mol. The molecule has 0 fully saturated rings. The maximum Gasteiger partial charge on any atom is 0.407 e. The lowest BCUT2D eigenvalue weighted by Gasteiger charge is -2.19. The van der Waals surface area contributed by atoms with Gasteiger partial charge in [0.15, 0.2) is 0 Å². The van der Waals surface area contributed by atoms with E-state index in [-0.39, 0.29) is 0 Å². The van der Waals surface area contributed by atoms with E-state index in [1.54, 1.807) is 20.8 Å². The molecule has 0 aliphatic carbocycles. The molecule has 0 aromatic heterocycles. The molecule has 1 N–H and O–H groups in total. The minimum absolute atomic E-state index is 0.305. The fourth-order valence-electron chi connectivity index (χ4n) is 0.535. The summed E-state index contributed by atoms with van der Waals surface area (Å²) < 4.78 is 4.92. The van der Waals surface area contributed by atoms with Crippen molar-refractivity contribution in [1.29, 1.82) is 5.26 Å². The molecule has 4 heteroatoms. The number of hydrogen-bond acceptors (Lipinski definition) is 3. The average molecular weight is 228 g/mol. The van der Waals surface area contributed by atoms with Crippen molar-refractivity contribution in [1.82, 2.24) is 5.32 Å². The molecule has 0 aliphatic rings. The van der Waals surface area contributed by atoms with Gasteiger partial charge in [-0.25, -0.2) is 4.79 Å². The van der Waals surface area contributed by atoms with E-state index in [1.165, 1.54) is 0 Å². The van der Waals surface area contributed by atoms with Crippen LogP contribution in [0.4, 0.5) is 4.79 Å². The first-order valence-electron chi connectivity index (χ1n) is 5.53. The number of carbonyl (C=O) groups excluding carboxylic acids is 1. The van der Waals surface area contributed by atoms with E-state index < -0.39 is 11.7 Å². The number of alkyl carbamates (subject to hydrolysis) is 1. The highest BCUT2D eigenvalue weighted by molar-refractivity contribution is 5.67. The van der Waals surface area contributed by atoms with Gasteiger partial charge in [0.25, 0.3) is 0 Å². The molecule has 0 saturated carbocycles. The van der Waals surface area contributed by atoms with E-state index in [4.69, 9.17) is 10.00 Å². The van der Waals surface area contributed by atoms with Crippen molar-refractivity contribution in [3.63, 3.8) is 0 Å². The normalized spacial score (nSPS) is 9.88. The van der Waals surface area contributed by atoms with E-state index in [9.17, 15) is 4.79 Å². The number of nitrogens with one attached hydrogen (secondary N) is 1. The molecule has 0 bridgehead atoms. The highest BCUT2D eigenvalue weighted by atomic mass is 16.6. The van der Waals surface area contributed by atoms with Gasteiger partial charge in [-0.05, 0) is 26.7 Å². The second-order valence-electron chi connectivity index (χ2n) is 5.07. The minimum atomic E-state index is -0.475. The molecule has 1 amide bonds. The third-order valence-electron chi connectivity index (χ3n) is 0.905. The van der Waals surface area contributed by atoms with E-state index in [0.29, 0.717) is 13.0 Å². The zero-order valence-electron chi connectivity index (χ0n) is 11.3. The van der Waals surface area contributed by atoms with Gasteiger partial charge in [0.05, 0.1) is 12.5 Å². The van der Waals surface area contributed by atoms with Crippen molar-refractivity contribution in [3.8, 4) is 6.07 Å². The van der Waals surface area contributed by atoms with Crippen molar-refractivity contribution >= 4 is 6.09 Å². The second-order valence-corrected chi connectivity index (χ2v) is 5.07. The largest absolute Gasteiger partial charge is 0.444 e. The Labute approximate surface area is 99.0 Å². The number of rotatable bonds is 2. The summed E-state index contributed by atoms with van der Waals surface area (Å²) >= 11 is 0. The van der Waals surface area contributed by atoms with Crippen LogP contribution in [0.2, 0.25) is 0 Å². The summed E-state index contributed by atoms with van der Waals surface area (Å²) in [6.45, 7) is 12.2. The highest BCUT2D eigenvalue weighted by Crippen LogP contribution is 2.05. The molecule has 16 heavy (non-hydrogen) atoms. The Morgan fingerprint density at radius 2 is 1.81 bits per heavy atom. The monoisotopic (exact) mass is 228 g/mol. The van der Waals surface area contributed by atoms with Crippen LogP contribution in [0.3, 0.4) is 0 Å². The number of nitriles is 1. The quantitative estimate of drug-likeness (QED) is 0.739. The van der Waals surface area contributed by atoms with Gasteiger partial charge in [-0.15, -0.1) is 0 Å². The molecule has 0 spiro atoms. The molecule has 0 rings (SSSR count). The Balaban J connectivity index is 0. The summed E-state index contributed by atoms with van der Waals surface area (Å²) in [4.78, 5) is 10.9. The maximum atomic E-state index is 10.9. The number of carbonyl (C=O) groups is 1. The summed E-state index contributed by atoms with van der Waals surface area (Å²) in [5.41, 5.74) is -0.475. The third-order valence-corrected chi connectivity index (χ3v) is 0.905. The van der Waals surface area contributed by atoms with Crippen LogP contribution in [0.5, 0.6) is 0 Å². The summed E-state index contributed by atoms with van der Waals surface area (Å²) in [6.07, 6.45) is -0.170.